The Morgan fingerprint density at radius 1 is 1.31 bits per heavy atom. The molecule has 148 valence electrons. The topological polar surface area (TPSA) is 101 Å². The average Bonchev–Trinajstić information content (AvgIpc) is 3.22. The van der Waals surface area contributed by atoms with E-state index < -0.39 is 10.9 Å². The molecule has 2 aromatic carbocycles. The zero-order valence-electron chi connectivity index (χ0n) is 15.4. The zero-order chi connectivity index (χ0) is 20.4. The molecule has 1 aliphatic rings. The van der Waals surface area contributed by atoms with Crippen LogP contribution < -0.4 is 4.74 Å². The third-order valence-electron chi connectivity index (χ3n) is 4.35. The highest BCUT2D eigenvalue weighted by molar-refractivity contribution is 7.13. The van der Waals surface area contributed by atoms with Crippen LogP contribution in [0.25, 0.3) is 10.6 Å². The molecule has 0 N–H and O–H groups in total. The van der Waals surface area contributed by atoms with Crippen LogP contribution in [0.4, 0.5) is 5.69 Å². The molecule has 3 aromatic rings. The molecule has 4 rings (SSSR count). The first kappa shape index (κ1) is 19.0. The van der Waals surface area contributed by atoms with Crippen molar-refractivity contribution < 1.29 is 23.9 Å². The molecule has 1 aliphatic heterocycles. The fourth-order valence-corrected chi connectivity index (χ4v) is 3.70. The molecule has 0 saturated carbocycles. The third-order valence-corrected chi connectivity index (χ3v) is 5.24. The minimum Gasteiger partial charge on any atom is -0.467 e. The lowest BCUT2D eigenvalue weighted by Crippen LogP contribution is -2.15. The molecule has 0 saturated heterocycles. The van der Waals surface area contributed by atoms with Crippen molar-refractivity contribution in [1.29, 1.82) is 0 Å². The molecule has 1 aromatic heterocycles. The summed E-state index contributed by atoms with van der Waals surface area (Å²) in [6.07, 6.45) is 0. The molecular formula is C20H16N2O6S. The summed E-state index contributed by atoms with van der Waals surface area (Å²) in [7, 11) is 0. The molecule has 0 radical (unpaired) electrons. The van der Waals surface area contributed by atoms with Gasteiger partial charge in [0.25, 0.3) is 5.69 Å². The number of nitrogens with zero attached hydrogens (tertiary/aromatic N) is 2. The second kappa shape index (κ2) is 7.98. The van der Waals surface area contributed by atoms with Gasteiger partial charge in [-0.15, -0.1) is 11.3 Å². The molecular weight excluding hydrogens is 396 g/mol. The fourth-order valence-electron chi connectivity index (χ4n) is 2.91. The van der Waals surface area contributed by atoms with E-state index in [9.17, 15) is 14.9 Å². The minimum atomic E-state index is -0.605. The van der Waals surface area contributed by atoms with Crippen LogP contribution >= 0.6 is 11.3 Å². The average molecular weight is 412 g/mol. The highest BCUT2D eigenvalue weighted by atomic mass is 32.1. The van der Waals surface area contributed by atoms with E-state index in [-0.39, 0.29) is 31.4 Å². The Labute approximate surface area is 169 Å². The molecule has 0 unspecified atom stereocenters. The monoisotopic (exact) mass is 412 g/mol. The standard InChI is InChI=1S/C20H16N2O6S/c1-12-2-4-13(5-3-12)19-21-17(10-29-19)20(23)27-9-15-7-16(22(24)25)6-14-8-26-11-28-18(14)15/h2-7,10H,8-9,11H2,1H3. The Kier molecular flexibility index (Phi) is 5.24. The summed E-state index contributed by atoms with van der Waals surface area (Å²) in [6.45, 7) is 2.07. The number of aryl methyl sites for hydroxylation is 1. The van der Waals surface area contributed by atoms with E-state index >= 15 is 0 Å². The van der Waals surface area contributed by atoms with Crippen molar-refractivity contribution in [2.45, 2.75) is 20.1 Å². The van der Waals surface area contributed by atoms with Gasteiger partial charge in [0.1, 0.15) is 17.4 Å². The highest BCUT2D eigenvalue weighted by Gasteiger charge is 2.22. The van der Waals surface area contributed by atoms with Gasteiger partial charge in [0.05, 0.1) is 11.5 Å². The molecule has 2 heterocycles. The van der Waals surface area contributed by atoms with Crippen molar-refractivity contribution in [3.05, 3.63) is 74.3 Å². The Balaban J connectivity index is 1.51. The molecule has 0 bridgehead atoms. The summed E-state index contributed by atoms with van der Waals surface area (Å²) < 4.78 is 16.0. The van der Waals surface area contributed by atoms with Gasteiger partial charge in [0, 0.05) is 34.2 Å². The number of aromatic nitrogens is 1. The van der Waals surface area contributed by atoms with Crippen LogP contribution in [0.1, 0.15) is 27.2 Å². The third kappa shape index (κ3) is 4.10. The van der Waals surface area contributed by atoms with Crippen LogP contribution in [0.15, 0.2) is 41.8 Å². The first-order valence-corrected chi connectivity index (χ1v) is 9.59. The number of nitro benzene ring substituents is 1. The number of carbonyl (C=O) groups excluding carboxylic acids is 1. The van der Waals surface area contributed by atoms with Crippen molar-refractivity contribution in [2.24, 2.45) is 0 Å². The number of thiazole rings is 1. The van der Waals surface area contributed by atoms with Gasteiger partial charge >= 0.3 is 5.97 Å². The fraction of sp³-hybridized carbons (Fsp3) is 0.200. The maximum Gasteiger partial charge on any atom is 0.358 e. The predicted octanol–water partition coefficient (Wildman–Crippen LogP) is 4.25. The predicted molar refractivity (Wildman–Crippen MR) is 105 cm³/mol. The van der Waals surface area contributed by atoms with Gasteiger partial charge in [0.15, 0.2) is 12.5 Å². The van der Waals surface area contributed by atoms with Gasteiger partial charge in [-0.2, -0.15) is 0 Å². The number of nitro groups is 1. The zero-order valence-corrected chi connectivity index (χ0v) is 16.2. The van der Waals surface area contributed by atoms with Crippen LogP contribution in [-0.4, -0.2) is 22.7 Å². The summed E-state index contributed by atoms with van der Waals surface area (Å²) in [5.41, 5.74) is 3.10. The van der Waals surface area contributed by atoms with E-state index in [2.05, 4.69) is 4.98 Å². The van der Waals surface area contributed by atoms with E-state index in [0.717, 1.165) is 11.1 Å². The van der Waals surface area contributed by atoms with Gasteiger partial charge in [0.2, 0.25) is 0 Å². The smallest absolute Gasteiger partial charge is 0.358 e. The van der Waals surface area contributed by atoms with E-state index in [1.165, 1.54) is 23.5 Å². The van der Waals surface area contributed by atoms with Crippen LogP contribution in [0.5, 0.6) is 5.75 Å². The summed E-state index contributed by atoms with van der Waals surface area (Å²) in [4.78, 5) is 27.4. The van der Waals surface area contributed by atoms with Gasteiger partial charge in [-0.1, -0.05) is 29.8 Å². The maximum atomic E-state index is 12.4. The normalized spacial score (nSPS) is 12.7. The van der Waals surface area contributed by atoms with Crippen LogP contribution in [0, 0.1) is 17.0 Å². The summed E-state index contributed by atoms with van der Waals surface area (Å²) in [6, 6.07) is 10.6. The lowest BCUT2D eigenvalue weighted by molar-refractivity contribution is -0.385. The molecule has 9 heteroatoms. The molecule has 0 fully saturated rings. The SMILES string of the molecule is Cc1ccc(-c2nc(C(=O)OCc3cc([N+](=O)[O-])cc4c3OCOC4)cs2)cc1. The minimum absolute atomic E-state index is 0.0394. The number of non-ortho nitro benzene ring substituents is 1. The Morgan fingerprint density at radius 3 is 2.86 bits per heavy atom. The van der Waals surface area contributed by atoms with Crippen molar-refractivity contribution in [2.75, 3.05) is 6.79 Å². The first-order chi connectivity index (χ1) is 14.0. The number of esters is 1. The Hall–Kier alpha value is -3.30. The number of hydrogen-bond acceptors (Lipinski definition) is 8. The number of ether oxygens (including phenoxy) is 3. The van der Waals surface area contributed by atoms with Gasteiger partial charge in [-0.05, 0) is 6.92 Å². The highest BCUT2D eigenvalue weighted by Crippen LogP contribution is 2.33. The number of benzene rings is 2. The lowest BCUT2D eigenvalue weighted by Gasteiger charge is -2.20. The molecule has 0 aliphatic carbocycles. The number of fused-ring (bicyclic) bond motifs is 1. The van der Waals surface area contributed by atoms with Gasteiger partial charge < -0.3 is 14.2 Å². The van der Waals surface area contributed by atoms with Crippen LogP contribution in [0.3, 0.4) is 0 Å². The largest absolute Gasteiger partial charge is 0.467 e. The van der Waals surface area contributed by atoms with E-state index in [1.807, 2.05) is 31.2 Å². The Morgan fingerprint density at radius 2 is 2.10 bits per heavy atom. The van der Waals surface area contributed by atoms with E-state index in [1.54, 1.807) is 5.38 Å². The molecule has 8 nitrogen and oxygen atoms in total. The summed E-state index contributed by atoms with van der Waals surface area (Å²) in [5, 5.41) is 13.5. The van der Waals surface area contributed by atoms with E-state index in [4.69, 9.17) is 14.2 Å². The van der Waals surface area contributed by atoms with Crippen molar-refractivity contribution in [3.8, 4) is 16.3 Å². The van der Waals surface area contributed by atoms with Crippen molar-refractivity contribution in [1.82, 2.24) is 4.98 Å². The Bertz CT molecular complexity index is 1080. The van der Waals surface area contributed by atoms with Crippen molar-refractivity contribution in [3.63, 3.8) is 0 Å². The van der Waals surface area contributed by atoms with Crippen LogP contribution in [0.2, 0.25) is 0 Å². The molecule has 0 spiro atoms. The molecule has 0 amide bonds. The second-order valence-corrected chi connectivity index (χ2v) is 7.30. The first-order valence-electron chi connectivity index (χ1n) is 8.71. The second-order valence-electron chi connectivity index (χ2n) is 6.44. The maximum absolute atomic E-state index is 12.4. The number of carbonyl (C=O) groups is 1. The molecule has 29 heavy (non-hydrogen) atoms. The lowest BCUT2D eigenvalue weighted by atomic mass is 10.1. The quantitative estimate of drug-likeness (QED) is 0.351. The molecule has 0 atom stereocenters. The van der Waals surface area contributed by atoms with Crippen LogP contribution in [-0.2, 0) is 22.7 Å². The van der Waals surface area contributed by atoms with Crippen molar-refractivity contribution >= 4 is 23.0 Å². The number of hydrogen-bond donors (Lipinski definition) is 0. The summed E-state index contributed by atoms with van der Waals surface area (Å²) in [5.74, 6) is -0.153. The van der Waals surface area contributed by atoms with Gasteiger partial charge in [-0.3, -0.25) is 10.1 Å². The summed E-state index contributed by atoms with van der Waals surface area (Å²) >= 11 is 1.35. The number of rotatable bonds is 5. The van der Waals surface area contributed by atoms with Gasteiger partial charge in [-0.25, -0.2) is 9.78 Å². The van der Waals surface area contributed by atoms with E-state index in [0.29, 0.717) is 21.9 Å².